The van der Waals surface area contributed by atoms with Crippen molar-refractivity contribution in [3.05, 3.63) is 43.2 Å². The molecule has 0 spiro atoms. The van der Waals surface area contributed by atoms with E-state index in [4.69, 9.17) is 4.74 Å². The minimum Gasteiger partial charge on any atom is -0.507 e. The van der Waals surface area contributed by atoms with Crippen molar-refractivity contribution >= 4 is 10.8 Å². The van der Waals surface area contributed by atoms with E-state index in [0.29, 0.717) is 16.5 Å². The molecule has 3 nitrogen and oxygen atoms in total. The molecule has 3 heteroatoms. The molecule has 0 aliphatic heterocycles. The molecule has 2 rings (SSSR count). The van der Waals surface area contributed by atoms with Crippen molar-refractivity contribution in [3.63, 3.8) is 0 Å². The molecule has 0 unspecified atom stereocenters. The van der Waals surface area contributed by atoms with Gasteiger partial charge in [-0.1, -0.05) is 18.7 Å². The molecule has 0 bridgehead atoms. The van der Waals surface area contributed by atoms with Crippen LogP contribution in [0.2, 0.25) is 0 Å². The van der Waals surface area contributed by atoms with Crippen LogP contribution >= 0.6 is 0 Å². The molecule has 0 saturated carbocycles. The number of ether oxygens (including phenoxy) is 1. The van der Waals surface area contributed by atoms with Gasteiger partial charge in [-0.2, -0.15) is 0 Å². The zero-order chi connectivity index (χ0) is 10.8. The Balaban J connectivity index is 2.83. The number of rotatable bonds is 2. The molecule has 0 aliphatic carbocycles. The maximum Gasteiger partial charge on any atom is 0.138 e. The molecule has 0 fully saturated rings. The summed E-state index contributed by atoms with van der Waals surface area (Å²) in [5.74, 6) is 0.647. The molecule has 0 aromatic heterocycles. The zero-order valence-corrected chi connectivity index (χ0v) is 7.97. The highest BCUT2D eigenvalue weighted by Crippen LogP contribution is 2.37. The molecule has 0 atom stereocenters. The Morgan fingerprint density at radius 3 is 2.53 bits per heavy atom. The van der Waals surface area contributed by atoms with Gasteiger partial charge in [0.25, 0.3) is 0 Å². The van der Waals surface area contributed by atoms with Crippen LogP contribution in [0.4, 0.5) is 0 Å². The predicted molar refractivity (Wildman–Crippen MR) is 58.1 cm³/mol. The number of fused-ring (bicyclic) bond motifs is 1. The Hall–Kier alpha value is -2.16. The first-order valence-electron chi connectivity index (χ1n) is 4.45. The fourth-order valence-electron chi connectivity index (χ4n) is 1.53. The number of hydrogen-bond acceptors (Lipinski definition) is 3. The first kappa shape index (κ1) is 9.40. The van der Waals surface area contributed by atoms with Crippen LogP contribution in [0.25, 0.3) is 10.8 Å². The summed E-state index contributed by atoms with van der Waals surface area (Å²) in [5, 5.41) is 20.3. The second-order valence-electron chi connectivity index (χ2n) is 3.07. The van der Waals surface area contributed by atoms with Gasteiger partial charge in [0.05, 0.1) is 11.6 Å². The van der Waals surface area contributed by atoms with Gasteiger partial charge < -0.3 is 14.9 Å². The van der Waals surface area contributed by atoms with E-state index in [1.165, 1.54) is 18.4 Å². The van der Waals surface area contributed by atoms with Crippen LogP contribution in [0, 0.1) is 0 Å². The molecule has 0 amide bonds. The van der Waals surface area contributed by atoms with Crippen molar-refractivity contribution in [1.82, 2.24) is 0 Å². The number of phenolic OH excluding ortho intramolecular Hbond substituents is 2. The minimum absolute atomic E-state index is 0.0697. The first-order valence-corrected chi connectivity index (χ1v) is 4.45. The Labute approximate surface area is 86.9 Å². The average Bonchev–Trinajstić information content (AvgIpc) is 2.24. The van der Waals surface area contributed by atoms with Gasteiger partial charge in [-0.15, -0.1) is 0 Å². The van der Waals surface area contributed by atoms with Crippen LogP contribution in [0.15, 0.2) is 43.2 Å². The molecule has 76 valence electrons. The second kappa shape index (κ2) is 3.53. The van der Waals surface area contributed by atoms with Crippen LogP contribution in [-0.4, -0.2) is 10.2 Å². The third kappa shape index (κ3) is 1.48. The highest BCUT2D eigenvalue weighted by atomic mass is 16.5. The monoisotopic (exact) mass is 202 g/mol. The smallest absolute Gasteiger partial charge is 0.138 e. The molecule has 0 radical (unpaired) electrons. The van der Waals surface area contributed by atoms with Gasteiger partial charge in [0.2, 0.25) is 0 Å². The van der Waals surface area contributed by atoms with E-state index in [9.17, 15) is 10.2 Å². The standard InChI is InChI=1S/C12H10O3/c1-2-15-11-5-3-4-8-9(13)6-7-10(14)12(8)11/h2-7,13-14H,1H2. The second-order valence-corrected chi connectivity index (χ2v) is 3.07. The summed E-state index contributed by atoms with van der Waals surface area (Å²) in [6, 6.07) is 8.01. The normalized spacial score (nSPS) is 10.1. The summed E-state index contributed by atoms with van der Waals surface area (Å²) in [6.45, 7) is 3.45. The van der Waals surface area contributed by atoms with Crippen LogP contribution in [-0.2, 0) is 0 Å². The van der Waals surface area contributed by atoms with Crippen LogP contribution < -0.4 is 4.74 Å². The maximum absolute atomic E-state index is 9.68. The Bertz CT molecular complexity index is 518. The lowest BCUT2D eigenvalue weighted by Gasteiger charge is -2.08. The average molecular weight is 202 g/mol. The Kier molecular flexibility index (Phi) is 2.21. The minimum atomic E-state index is 0.0697. The molecular formula is C12H10O3. The van der Waals surface area contributed by atoms with Crippen LogP contribution in [0.3, 0.4) is 0 Å². The lowest BCUT2D eigenvalue weighted by molar-refractivity contribution is 0.460. The van der Waals surface area contributed by atoms with E-state index in [0.717, 1.165) is 0 Å². The molecule has 2 aromatic carbocycles. The summed E-state index contributed by atoms with van der Waals surface area (Å²) in [7, 11) is 0. The van der Waals surface area contributed by atoms with Crippen molar-refractivity contribution in [2.75, 3.05) is 0 Å². The van der Waals surface area contributed by atoms with Crippen molar-refractivity contribution in [3.8, 4) is 17.2 Å². The molecule has 2 N–H and O–H groups in total. The number of benzene rings is 2. The lowest BCUT2D eigenvalue weighted by atomic mass is 10.1. The molecule has 0 saturated heterocycles. The van der Waals surface area contributed by atoms with E-state index in [2.05, 4.69) is 6.58 Å². The predicted octanol–water partition coefficient (Wildman–Crippen LogP) is 2.77. The third-order valence-electron chi connectivity index (χ3n) is 2.17. The van der Waals surface area contributed by atoms with E-state index in [1.54, 1.807) is 18.2 Å². The van der Waals surface area contributed by atoms with Gasteiger partial charge in [0.15, 0.2) is 0 Å². The van der Waals surface area contributed by atoms with Crippen LogP contribution in [0.1, 0.15) is 0 Å². The van der Waals surface area contributed by atoms with Crippen LogP contribution in [0.5, 0.6) is 17.2 Å². The van der Waals surface area contributed by atoms with E-state index in [1.807, 2.05) is 0 Å². The van der Waals surface area contributed by atoms with Gasteiger partial charge in [-0.3, -0.25) is 0 Å². The Morgan fingerprint density at radius 1 is 1.07 bits per heavy atom. The summed E-state index contributed by atoms with van der Waals surface area (Å²) < 4.78 is 5.15. The zero-order valence-electron chi connectivity index (χ0n) is 7.97. The van der Waals surface area contributed by atoms with Gasteiger partial charge in [-0.05, 0) is 18.2 Å². The van der Waals surface area contributed by atoms with Gasteiger partial charge >= 0.3 is 0 Å². The fraction of sp³-hybridized carbons (Fsp3) is 0. The first-order chi connectivity index (χ1) is 7.24. The molecular weight excluding hydrogens is 192 g/mol. The Morgan fingerprint density at radius 2 is 1.80 bits per heavy atom. The summed E-state index contributed by atoms with van der Waals surface area (Å²) >= 11 is 0. The highest BCUT2D eigenvalue weighted by molar-refractivity contribution is 5.97. The topological polar surface area (TPSA) is 49.7 Å². The molecule has 15 heavy (non-hydrogen) atoms. The van der Waals surface area contributed by atoms with Gasteiger partial charge in [0.1, 0.15) is 17.2 Å². The number of phenols is 2. The summed E-state index contributed by atoms with van der Waals surface area (Å²) in [6.07, 6.45) is 1.28. The van der Waals surface area contributed by atoms with E-state index >= 15 is 0 Å². The number of aromatic hydroxyl groups is 2. The maximum atomic E-state index is 9.68. The fourth-order valence-corrected chi connectivity index (χ4v) is 1.53. The third-order valence-corrected chi connectivity index (χ3v) is 2.17. The van der Waals surface area contributed by atoms with E-state index < -0.39 is 0 Å². The quantitative estimate of drug-likeness (QED) is 0.581. The molecule has 0 heterocycles. The molecule has 0 aliphatic rings. The van der Waals surface area contributed by atoms with E-state index in [-0.39, 0.29) is 11.5 Å². The van der Waals surface area contributed by atoms with Gasteiger partial charge in [-0.25, -0.2) is 0 Å². The summed E-state index contributed by atoms with van der Waals surface area (Å²) in [4.78, 5) is 0. The largest absolute Gasteiger partial charge is 0.507 e. The molecule has 2 aromatic rings. The van der Waals surface area contributed by atoms with Gasteiger partial charge in [0, 0.05) is 5.39 Å². The number of hydrogen-bond donors (Lipinski definition) is 2. The highest BCUT2D eigenvalue weighted by Gasteiger charge is 2.09. The summed E-state index contributed by atoms with van der Waals surface area (Å²) in [5.41, 5.74) is 0. The van der Waals surface area contributed by atoms with Crippen molar-refractivity contribution in [1.29, 1.82) is 0 Å². The SMILES string of the molecule is C=COc1cccc2c(O)ccc(O)c12. The van der Waals surface area contributed by atoms with Crippen molar-refractivity contribution in [2.45, 2.75) is 0 Å². The lowest BCUT2D eigenvalue weighted by Crippen LogP contribution is -1.84. The van der Waals surface area contributed by atoms with Crippen molar-refractivity contribution in [2.24, 2.45) is 0 Å². The van der Waals surface area contributed by atoms with Crippen molar-refractivity contribution < 1.29 is 14.9 Å².